The molecule has 0 aliphatic carbocycles. The Hall–Kier alpha value is -3.79. The summed E-state index contributed by atoms with van der Waals surface area (Å²) in [6.07, 6.45) is 0. The molecule has 0 amide bonds. The smallest absolute Gasteiger partial charge is 0.269 e. The van der Waals surface area contributed by atoms with Crippen molar-refractivity contribution in [3.63, 3.8) is 0 Å². The summed E-state index contributed by atoms with van der Waals surface area (Å²) in [5.74, 6) is 0.584. The summed E-state index contributed by atoms with van der Waals surface area (Å²) >= 11 is 3.14. The Morgan fingerprint density at radius 2 is 1.22 bits per heavy atom. The van der Waals surface area contributed by atoms with Gasteiger partial charge in [0, 0.05) is 29.8 Å². The molecule has 0 N–H and O–H groups in total. The van der Waals surface area contributed by atoms with Crippen LogP contribution in [0, 0.1) is 20.2 Å². The normalized spacial score (nSPS) is 10.4. The largest absolute Gasteiger partial charge is 0.485 e. The molecule has 0 atom stereocenters. The number of ether oxygens (including phenoxy) is 2. The highest BCUT2D eigenvalue weighted by Crippen LogP contribution is 2.31. The van der Waals surface area contributed by atoms with Gasteiger partial charge in [-0.2, -0.15) is 0 Å². The molecule has 0 spiro atoms. The number of halogens is 1. The van der Waals surface area contributed by atoms with Crippen LogP contribution in [0.4, 0.5) is 11.4 Å². The molecular formula is C22H17BrN2O7. The molecule has 0 heterocycles. The van der Waals surface area contributed by atoms with Crippen molar-refractivity contribution in [1.29, 1.82) is 0 Å². The summed E-state index contributed by atoms with van der Waals surface area (Å²) in [4.78, 5) is 32.7. The molecule has 3 aromatic rings. The van der Waals surface area contributed by atoms with E-state index in [1.54, 1.807) is 42.5 Å². The molecular weight excluding hydrogens is 484 g/mol. The molecule has 0 aliphatic rings. The predicted molar refractivity (Wildman–Crippen MR) is 119 cm³/mol. The van der Waals surface area contributed by atoms with Crippen molar-refractivity contribution in [2.75, 3.05) is 5.33 Å². The van der Waals surface area contributed by atoms with E-state index in [2.05, 4.69) is 15.9 Å². The zero-order valence-corrected chi connectivity index (χ0v) is 18.2. The fourth-order valence-electron chi connectivity index (χ4n) is 2.74. The Morgan fingerprint density at radius 1 is 0.750 bits per heavy atom. The van der Waals surface area contributed by atoms with Gasteiger partial charge in [-0.1, -0.05) is 15.9 Å². The van der Waals surface area contributed by atoms with E-state index in [-0.39, 0.29) is 35.7 Å². The van der Waals surface area contributed by atoms with E-state index in [0.717, 1.165) is 5.56 Å². The molecule has 10 heteroatoms. The first kappa shape index (κ1) is 22.9. The third-order valence-corrected chi connectivity index (χ3v) is 4.98. The number of Topliss-reactive ketones (excluding diaryl/α,β-unsaturated/α-hetero) is 1. The standard InChI is InChI=1S/C22H17BrN2O7/c23-12-20(26)17-5-10-21(31-13-15-1-6-18(7-2-15)24(27)28)22(11-17)32-14-16-3-8-19(9-4-16)25(29)30/h1-11H,12-14H2. The third kappa shape index (κ3) is 5.88. The minimum Gasteiger partial charge on any atom is -0.485 e. The van der Waals surface area contributed by atoms with E-state index in [0.29, 0.717) is 22.6 Å². The Labute approximate surface area is 191 Å². The number of ketones is 1. The number of nitro benzene ring substituents is 2. The number of alkyl halides is 1. The molecule has 0 aromatic heterocycles. The van der Waals surface area contributed by atoms with Gasteiger partial charge in [-0.15, -0.1) is 0 Å². The second kappa shape index (κ2) is 10.5. The first-order chi connectivity index (χ1) is 15.4. The molecule has 3 rings (SSSR count). The van der Waals surface area contributed by atoms with E-state index in [4.69, 9.17) is 9.47 Å². The molecule has 0 saturated heterocycles. The monoisotopic (exact) mass is 500 g/mol. The Morgan fingerprint density at radius 3 is 1.66 bits per heavy atom. The third-order valence-electron chi connectivity index (χ3n) is 4.47. The van der Waals surface area contributed by atoms with E-state index in [1.165, 1.54) is 24.3 Å². The quantitative estimate of drug-likeness (QED) is 0.161. The highest BCUT2D eigenvalue weighted by molar-refractivity contribution is 9.09. The summed E-state index contributed by atoms with van der Waals surface area (Å²) in [5.41, 5.74) is 1.82. The van der Waals surface area contributed by atoms with Crippen molar-refractivity contribution in [3.05, 3.63) is 104 Å². The van der Waals surface area contributed by atoms with Crippen LogP contribution in [0.1, 0.15) is 21.5 Å². The van der Waals surface area contributed by atoms with Gasteiger partial charge >= 0.3 is 0 Å². The average Bonchev–Trinajstić information content (AvgIpc) is 2.81. The van der Waals surface area contributed by atoms with Crippen LogP contribution in [-0.4, -0.2) is 21.0 Å². The maximum Gasteiger partial charge on any atom is 0.269 e. The average molecular weight is 501 g/mol. The number of benzene rings is 3. The zero-order valence-electron chi connectivity index (χ0n) is 16.6. The van der Waals surface area contributed by atoms with Crippen LogP contribution < -0.4 is 9.47 Å². The van der Waals surface area contributed by atoms with Crippen molar-refractivity contribution in [2.45, 2.75) is 13.2 Å². The highest BCUT2D eigenvalue weighted by Gasteiger charge is 2.13. The summed E-state index contributed by atoms with van der Waals surface area (Å²) in [7, 11) is 0. The number of hydrogen-bond acceptors (Lipinski definition) is 7. The van der Waals surface area contributed by atoms with E-state index in [9.17, 15) is 25.0 Å². The first-order valence-electron chi connectivity index (χ1n) is 9.33. The first-order valence-corrected chi connectivity index (χ1v) is 10.4. The lowest BCUT2D eigenvalue weighted by atomic mass is 10.1. The van der Waals surface area contributed by atoms with Crippen LogP contribution in [-0.2, 0) is 13.2 Å². The van der Waals surface area contributed by atoms with Gasteiger partial charge < -0.3 is 9.47 Å². The summed E-state index contributed by atoms with van der Waals surface area (Å²) in [6, 6.07) is 16.7. The van der Waals surface area contributed by atoms with Gasteiger partial charge in [0.15, 0.2) is 17.3 Å². The number of carbonyl (C=O) groups excluding carboxylic acids is 1. The number of nitrogens with zero attached hydrogens (tertiary/aromatic N) is 2. The van der Waals surface area contributed by atoms with Crippen molar-refractivity contribution in [3.8, 4) is 11.5 Å². The summed E-state index contributed by atoms with van der Waals surface area (Å²) in [5, 5.41) is 21.7. The van der Waals surface area contributed by atoms with Gasteiger partial charge in [0.05, 0.1) is 15.2 Å². The Balaban J connectivity index is 1.76. The van der Waals surface area contributed by atoms with Crippen LogP contribution in [0.25, 0.3) is 0 Å². The minimum absolute atomic E-state index is 0.0153. The minimum atomic E-state index is -0.482. The second-order valence-corrected chi connectivity index (χ2v) is 7.20. The van der Waals surface area contributed by atoms with Crippen LogP contribution in [0.3, 0.4) is 0 Å². The van der Waals surface area contributed by atoms with Crippen LogP contribution in [0.5, 0.6) is 11.5 Å². The molecule has 3 aromatic carbocycles. The molecule has 0 aliphatic heterocycles. The van der Waals surface area contributed by atoms with Crippen LogP contribution in [0.2, 0.25) is 0 Å². The van der Waals surface area contributed by atoms with E-state index < -0.39 is 9.85 Å². The lowest BCUT2D eigenvalue weighted by Crippen LogP contribution is -2.04. The molecule has 0 bridgehead atoms. The van der Waals surface area contributed by atoms with E-state index in [1.807, 2.05) is 0 Å². The van der Waals surface area contributed by atoms with Crippen molar-refractivity contribution >= 4 is 33.1 Å². The fraction of sp³-hybridized carbons (Fsp3) is 0.136. The maximum atomic E-state index is 12.1. The van der Waals surface area contributed by atoms with Crippen LogP contribution in [0.15, 0.2) is 66.7 Å². The predicted octanol–water partition coefficient (Wildman–Crippen LogP) is 5.24. The fourth-order valence-corrected chi connectivity index (χ4v) is 3.06. The summed E-state index contributed by atoms with van der Waals surface area (Å²) in [6.45, 7) is 0.246. The zero-order chi connectivity index (χ0) is 23.1. The molecule has 164 valence electrons. The second-order valence-electron chi connectivity index (χ2n) is 6.64. The van der Waals surface area contributed by atoms with Gasteiger partial charge in [-0.25, -0.2) is 0 Å². The molecule has 0 fully saturated rings. The van der Waals surface area contributed by atoms with Crippen molar-refractivity contribution in [1.82, 2.24) is 0 Å². The number of non-ortho nitro benzene ring substituents is 2. The Kier molecular flexibility index (Phi) is 7.50. The van der Waals surface area contributed by atoms with Crippen molar-refractivity contribution in [2.24, 2.45) is 0 Å². The maximum absolute atomic E-state index is 12.1. The number of hydrogen-bond donors (Lipinski definition) is 0. The van der Waals surface area contributed by atoms with Gasteiger partial charge in [-0.3, -0.25) is 25.0 Å². The number of rotatable bonds is 10. The van der Waals surface area contributed by atoms with Gasteiger partial charge in [-0.05, 0) is 53.6 Å². The summed E-state index contributed by atoms with van der Waals surface area (Å²) < 4.78 is 11.7. The molecule has 9 nitrogen and oxygen atoms in total. The van der Waals surface area contributed by atoms with Crippen LogP contribution >= 0.6 is 15.9 Å². The van der Waals surface area contributed by atoms with Gasteiger partial charge in [0.1, 0.15) is 13.2 Å². The molecule has 32 heavy (non-hydrogen) atoms. The topological polar surface area (TPSA) is 122 Å². The Bertz CT molecular complexity index is 1130. The lowest BCUT2D eigenvalue weighted by Gasteiger charge is -2.14. The van der Waals surface area contributed by atoms with Gasteiger partial charge in [0.25, 0.3) is 11.4 Å². The molecule has 0 radical (unpaired) electrons. The number of carbonyl (C=O) groups is 1. The molecule has 0 saturated carbocycles. The SMILES string of the molecule is O=C(CBr)c1ccc(OCc2ccc([N+](=O)[O-])cc2)c(OCc2ccc([N+](=O)[O-])cc2)c1. The number of nitro groups is 2. The van der Waals surface area contributed by atoms with E-state index >= 15 is 0 Å². The van der Waals surface area contributed by atoms with Gasteiger partial charge in [0.2, 0.25) is 0 Å². The molecule has 0 unspecified atom stereocenters. The highest BCUT2D eigenvalue weighted by atomic mass is 79.9. The lowest BCUT2D eigenvalue weighted by molar-refractivity contribution is -0.385. The van der Waals surface area contributed by atoms with Crippen molar-refractivity contribution < 1.29 is 24.1 Å².